The number of rotatable bonds is 1. The van der Waals surface area contributed by atoms with Gasteiger partial charge in [0.05, 0.1) is 0 Å². The molecule has 0 bridgehead atoms. The SMILES string of the molecule is N[C@@H]1CC(C2CC=CCC2)Oc2ccc(Cl)cc21. The molecule has 18 heavy (non-hydrogen) atoms. The fraction of sp³-hybridized carbons (Fsp3) is 0.467. The second-order valence-corrected chi connectivity index (χ2v) is 5.66. The average molecular weight is 264 g/mol. The van der Waals surface area contributed by atoms with Gasteiger partial charge in [-0.25, -0.2) is 0 Å². The first kappa shape index (κ1) is 12.1. The number of benzene rings is 1. The first-order valence-corrected chi connectivity index (χ1v) is 6.98. The number of ether oxygens (including phenoxy) is 1. The highest BCUT2D eigenvalue weighted by molar-refractivity contribution is 6.30. The van der Waals surface area contributed by atoms with Crippen LogP contribution in [0, 0.1) is 5.92 Å². The van der Waals surface area contributed by atoms with Crippen molar-refractivity contribution in [2.45, 2.75) is 37.8 Å². The molecule has 2 unspecified atom stereocenters. The third-order valence-electron chi connectivity index (χ3n) is 3.97. The van der Waals surface area contributed by atoms with E-state index in [4.69, 9.17) is 22.1 Å². The van der Waals surface area contributed by atoms with Crippen molar-refractivity contribution in [2.75, 3.05) is 0 Å². The fourth-order valence-electron chi connectivity index (χ4n) is 2.95. The molecule has 0 spiro atoms. The van der Waals surface area contributed by atoms with E-state index in [1.165, 1.54) is 6.42 Å². The lowest BCUT2D eigenvalue weighted by molar-refractivity contribution is 0.0938. The maximum absolute atomic E-state index is 6.26. The van der Waals surface area contributed by atoms with Gasteiger partial charge in [-0.15, -0.1) is 0 Å². The molecular weight excluding hydrogens is 246 g/mol. The van der Waals surface area contributed by atoms with Gasteiger partial charge >= 0.3 is 0 Å². The Morgan fingerprint density at radius 3 is 2.94 bits per heavy atom. The zero-order chi connectivity index (χ0) is 12.5. The average Bonchev–Trinajstić information content (AvgIpc) is 2.40. The molecule has 1 aromatic carbocycles. The predicted octanol–water partition coefficient (Wildman–Crippen LogP) is 3.85. The first-order chi connectivity index (χ1) is 8.74. The summed E-state index contributed by atoms with van der Waals surface area (Å²) < 4.78 is 6.12. The molecule has 1 aromatic rings. The van der Waals surface area contributed by atoms with Crippen LogP contribution in [0.5, 0.6) is 5.75 Å². The van der Waals surface area contributed by atoms with Crippen molar-refractivity contribution in [2.24, 2.45) is 11.7 Å². The summed E-state index contributed by atoms with van der Waals surface area (Å²) in [5, 5.41) is 0.729. The Bertz CT molecular complexity index is 472. The second kappa shape index (κ2) is 4.94. The number of hydrogen-bond donors (Lipinski definition) is 1. The Balaban J connectivity index is 1.82. The fourth-order valence-corrected chi connectivity index (χ4v) is 3.13. The summed E-state index contributed by atoms with van der Waals surface area (Å²) in [4.78, 5) is 0. The Morgan fingerprint density at radius 1 is 1.28 bits per heavy atom. The summed E-state index contributed by atoms with van der Waals surface area (Å²) in [6, 6.07) is 5.79. The third-order valence-corrected chi connectivity index (χ3v) is 4.21. The topological polar surface area (TPSA) is 35.2 Å². The molecule has 0 saturated heterocycles. The summed E-state index contributed by atoms with van der Waals surface area (Å²) in [5.41, 5.74) is 7.30. The van der Waals surface area contributed by atoms with Crippen LogP contribution in [0.2, 0.25) is 5.02 Å². The molecule has 1 aliphatic heterocycles. The molecule has 0 amide bonds. The minimum atomic E-state index is 0.0448. The molecule has 0 aromatic heterocycles. The summed E-state index contributed by atoms with van der Waals surface area (Å²) in [5.74, 6) is 1.52. The largest absolute Gasteiger partial charge is 0.490 e. The summed E-state index contributed by atoms with van der Waals surface area (Å²) in [7, 11) is 0. The van der Waals surface area contributed by atoms with Crippen molar-refractivity contribution in [1.82, 2.24) is 0 Å². The van der Waals surface area contributed by atoms with E-state index in [9.17, 15) is 0 Å². The van der Waals surface area contributed by atoms with Crippen LogP contribution in [-0.2, 0) is 0 Å². The number of allylic oxidation sites excluding steroid dienone is 2. The lowest BCUT2D eigenvalue weighted by atomic mass is 9.84. The third kappa shape index (κ3) is 2.27. The normalized spacial score (nSPS) is 30.7. The molecule has 2 aliphatic rings. The van der Waals surface area contributed by atoms with Crippen LogP contribution in [-0.4, -0.2) is 6.10 Å². The Kier molecular flexibility index (Phi) is 3.31. The van der Waals surface area contributed by atoms with Gasteiger partial charge < -0.3 is 10.5 Å². The lowest BCUT2D eigenvalue weighted by Gasteiger charge is -2.35. The molecule has 1 heterocycles. The number of fused-ring (bicyclic) bond motifs is 1. The Labute approximate surface area is 113 Å². The zero-order valence-electron chi connectivity index (χ0n) is 10.3. The second-order valence-electron chi connectivity index (χ2n) is 5.23. The van der Waals surface area contributed by atoms with Gasteiger partial charge in [0.15, 0.2) is 0 Å². The standard InChI is InChI=1S/C15H18ClNO/c16-11-6-7-14-12(8-11)13(17)9-15(18-14)10-4-2-1-3-5-10/h1-2,6-8,10,13,15H,3-5,9,17H2/t10?,13-,15?/m1/s1. The van der Waals surface area contributed by atoms with Crippen LogP contribution < -0.4 is 10.5 Å². The van der Waals surface area contributed by atoms with Gasteiger partial charge in [-0.3, -0.25) is 0 Å². The van der Waals surface area contributed by atoms with Crippen LogP contribution in [0.4, 0.5) is 0 Å². The highest BCUT2D eigenvalue weighted by atomic mass is 35.5. The monoisotopic (exact) mass is 263 g/mol. The minimum Gasteiger partial charge on any atom is -0.490 e. The summed E-state index contributed by atoms with van der Waals surface area (Å²) >= 11 is 6.01. The molecule has 96 valence electrons. The van der Waals surface area contributed by atoms with E-state index in [-0.39, 0.29) is 12.1 Å². The molecule has 3 heteroatoms. The number of nitrogens with two attached hydrogens (primary N) is 1. The molecule has 1 aliphatic carbocycles. The van der Waals surface area contributed by atoms with Crippen LogP contribution >= 0.6 is 11.6 Å². The van der Waals surface area contributed by atoms with Crippen molar-refractivity contribution < 1.29 is 4.74 Å². The first-order valence-electron chi connectivity index (χ1n) is 6.61. The van der Waals surface area contributed by atoms with Gasteiger partial charge in [0.1, 0.15) is 11.9 Å². The van der Waals surface area contributed by atoms with Gasteiger partial charge in [0.25, 0.3) is 0 Å². The van der Waals surface area contributed by atoms with Crippen molar-refractivity contribution >= 4 is 11.6 Å². The minimum absolute atomic E-state index is 0.0448. The van der Waals surface area contributed by atoms with E-state index in [1.54, 1.807) is 0 Å². The quantitative estimate of drug-likeness (QED) is 0.781. The smallest absolute Gasteiger partial charge is 0.124 e. The van der Waals surface area contributed by atoms with Crippen molar-refractivity contribution in [1.29, 1.82) is 0 Å². The van der Waals surface area contributed by atoms with Crippen LogP contribution in [0.1, 0.15) is 37.3 Å². The molecule has 0 radical (unpaired) electrons. The van der Waals surface area contributed by atoms with Crippen molar-refractivity contribution in [3.05, 3.63) is 40.9 Å². The van der Waals surface area contributed by atoms with E-state index in [1.807, 2.05) is 18.2 Å². The van der Waals surface area contributed by atoms with Gasteiger partial charge in [-0.1, -0.05) is 23.8 Å². The van der Waals surface area contributed by atoms with Gasteiger partial charge in [0, 0.05) is 23.0 Å². The maximum atomic E-state index is 6.26. The molecule has 3 atom stereocenters. The van der Waals surface area contributed by atoms with Gasteiger partial charge in [0.2, 0.25) is 0 Å². The van der Waals surface area contributed by atoms with E-state index < -0.39 is 0 Å². The Hall–Kier alpha value is -0.990. The molecular formula is C15H18ClNO. The predicted molar refractivity (Wildman–Crippen MR) is 73.9 cm³/mol. The van der Waals surface area contributed by atoms with Crippen molar-refractivity contribution in [3.8, 4) is 5.75 Å². The molecule has 2 nitrogen and oxygen atoms in total. The molecule has 3 rings (SSSR count). The van der Waals surface area contributed by atoms with Gasteiger partial charge in [-0.2, -0.15) is 0 Å². The zero-order valence-corrected chi connectivity index (χ0v) is 11.1. The Morgan fingerprint density at radius 2 is 2.17 bits per heavy atom. The lowest BCUT2D eigenvalue weighted by Crippen LogP contribution is -2.35. The van der Waals surface area contributed by atoms with Crippen LogP contribution in [0.3, 0.4) is 0 Å². The van der Waals surface area contributed by atoms with Crippen LogP contribution in [0.15, 0.2) is 30.4 Å². The molecule has 0 saturated carbocycles. The highest BCUT2D eigenvalue weighted by Gasteiger charge is 2.31. The van der Waals surface area contributed by atoms with E-state index in [2.05, 4.69) is 12.2 Å². The number of hydrogen-bond acceptors (Lipinski definition) is 2. The van der Waals surface area contributed by atoms with E-state index >= 15 is 0 Å². The van der Waals surface area contributed by atoms with Crippen LogP contribution in [0.25, 0.3) is 0 Å². The highest BCUT2D eigenvalue weighted by Crippen LogP contribution is 2.39. The maximum Gasteiger partial charge on any atom is 0.124 e. The molecule has 0 fully saturated rings. The number of halogens is 1. The molecule has 2 N–H and O–H groups in total. The van der Waals surface area contributed by atoms with E-state index in [0.29, 0.717) is 5.92 Å². The van der Waals surface area contributed by atoms with E-state index in [0.717, 1.165) is 35.6 Å². The summed E-state index contributed by atoms with van der Waals surface area (Å²) in [6.07, 6.45) is 9.14. The van der Waals surface area contributed by atoms with Crippen molar-refractivity contribution in [3.63, 3.8) is 0 Å². The van der Waals surface area contributed by atoms with Gasteiger partial charge in [-0.05, 0) is 43.4 Å². The summed E-state index contributed by atoms with van der Waals surface area (Å²) in [6.45, 7) is 0.